The third-order valence-corrected chi connectivity index (χ3v) is 4.12. The number of carbonyl (C=O) groups excluding carboxylic acids is 1. The molecule has 3 heterocycles. The summed E-state index contributed by atoms with van der Waals surface area (Å²) in [5, 5.41) is 3.52. The number of carbonyl (C=O) groups is 1. The highest BCUT2D eigenvalue weighted by molar-refractivity contribution is 5.95. The lowest BCUT2D eigenvalue weighted by atomic mass is 9.94. The zero-order valence-corrected chi connectivity index (χ0v) is 10.7. The van der Waals surface area contributed by atoms with Gasteiger partial charge in [0.1, 0.15) is 0 Å². The Labute approximate surface area is 107 Å². The second-order valence-electron chi connectivity index (χ2n) is 5.31. The summed E-state index contributed by atoms with van der Waals surface area (Å²) in [5.74, 6) is 0.775. The first-order valence-electron chi connectivity index (χ1n) is 6.70. The molecular formula is C14H19N3O. The summed E-state index contributed by atoms with van der Waals surface area (Å²) < 4.78 is 0. The Morgan fingerprint density at radius 1 is 1.50 bits per heavy atom. The predicted molar refractivity (Wildman–Crippen MR) is 69.4 cm³/mol. The average molecular weight is 245 g/mol. The lowest BCUT2D eigenvalue weighted by molar-refractivity contribution is 0.0784. The molecule has 0 aliphatic carbocycles. The van der Waals surface area contributed by atoms with Crippen LogP contribution in [0.25, 0.3) is 0 Å². The van der Waals surface area contributed by atoms with Crippen molar-refractivity contribution in [2.24, 2.45) is 5.92 Å². The summed E-state index contributed by atoms with van der Waals surface area (Å²) in [6.07, 6.45) is 4.21. The van der Waals surface area contributed by atoms with Gasteiger partial charge in [0, 0.05) is 31.0 Å². The van der Waals surface area contributed by atoms with E-state index in [2.05, 4.69) is 10.3 Å². The van der Waals surface area contributed by atoms with Crippen LogP contribution in [0.2, 0.25) is 0 Å². The second-order valence-corrected chi connectivity index (χ2v) is 5.31. The van der Waals surface area contributed by atoms with Crippen LogP contribution in [0.15, 0.2) is 18.3 Å². The van der Waals surface area contributed by atoms with Gasteiger partial charge in [0.25, 0.3) is 5.91 Å². The van der Waals surface area contributed by atoms with Crippen LogP contribution in [-0.2, 0) is 0 Å². The number of aromatic nitrogens is 1. The first kappa shape index (κ1) is 11.7. The van der Waals surface area contributed by atoms with Crippen molar-refractivity contribution in [2.45, 2.75) is 25.8 Å². The van der Waals surface area contributed by atoms with Gasteiger partial charge in [0.15, 0.2) is 0 Å². The Bertz CT molecular complexity index is 446. The first-order chi connectivity index (χ1) is 8.75. The summed E-state index contributed by atoms with van der Waals surface area (Å²) in [7, 11) is 0. The van der Waals surface area contributed by atoms with Crippen molar-refractivity contribution in [3.05, 3.63) is 29.6 Å². The summed E-state index contributed by atoms with van der Waals surface area (Å²) in [5.41, 5.74) is 1.57. The number of amides is 1. The van der Waals surface area contributed by atoms with Gasteiger partial charge >= 0.3 is 0 Å². The molecule has 4 heteroatoms. The lowest BCUT2D eigenvalue weighted by Crippen LogP contribution is -2.41. The number of rotatable bonds is 1. The number of hydrogen-bond acceptors (Lipinski definition) is 3. The van der Waals surface area contributed by atoms with E-state index in [-0.39, 0.29) is 5.91 Å². The molecule has 0 aromatic carbocycles. The van der Waals surface area contributed by atoms with E-state index >= 15 is 0 Å². The minimum atomic E-state index is 0.136. The maximum absolute atomic E-state index is 12.5. The molecule has 18 heavy (non-hydrogen) atoms. The average Bonchev–Trinajstić information content (AvgIpc) is 2.82. The number of nitrogens with zero attached hydrogens (tertiary/aromatic N) is 2. The van der Waals surface area contributed by atoms with Crippen molar-refractivity contribution in [1.29, 1.82) is 0 Å². The molecule has 96 valence electrons. The maximum Gasteiger partial charge on any atom is 0.255 e. The monoisotopic (exact) mass is 245 g/mol. The van der Waals surface area contributed by atoms with Crippen LogP contribution in [0.3, 0.4) is 0 Å². The lowest BCUT2D eigenvalue weighted by Gasteiger charge is -2.24. The molecule has 4 nitrogen and oxygen atoms in total. The highest BCUT2D eigenvalue weighted by Crippen LogP contribution is 2.26. The zero-order chi connectivity index (χ0) is 12.5. The SMILES string of the molecule is Cc1ncccc1C(=O)N1CC2CCCNC2C1. The van der Waals surface area contributed by atoms with Gasteiger partial charge in [-0.3, -0.25) is 9.78 Å². The number of piperidine rings is 1. The van der Waals surface area contributed by atoms with Crippen LogP contribution in [-0.4, -0.2) is 41.5 Å². The maximum atomic E-state index is 12.5. The highest BCUT2D eigenvalue weighted by Gasteiger charge is 2.36. The Balaban J connectivity index is 1.76. The Morgan fingerprint density at radius 3 is 3.17 bits per heavy atom. The van der Waals surface area contributed by atoms with Gasteiger partial charge in [-0.1, -0.05) is 0 Å². The fraction of sp³-hybridized carbons (Fsp3) is 0.571. The Kier molecular flexibility index (Phi) is 3.04. The van der Waals surface area contributed by atoms with E-state index < -0.39 is 0 Å². The Morgan fingerprint density at radius 2 is 2.39 bits per heavy atom. The van der Waals surface area contributed by atoms with Crippen LogP contribution in [0.1, 0.15) is 28.9 Å². The molecule has 1 aromatic heterocycles. The third-order valence-electron chi connectivity index (χ3n) is 4.12. The van der Waals surface area contributed by atoms with Gasteiger partial charge in [-0.05, 0) is 44.4 Å². The number of fused-ring (bicyclic) bond motifs is 1. The van der Waals surface area contributed by atoms with Crippen LogP contribution in [0.4, 0.5) is 0 Å². The normalized spacial score (nSPS) is 27.1. The van der Waals surface area contributed by atoms with E-state index in [9.17, 15) is 4.79 Å². The second kappa shape index (κ2) is 4.69. The van der Waals surface area contributed by atoms with E-state index in [1.54, 1.807) is 6.20 Å². The van der Waals surface area contributed by atoms with Crippen molar-refractivity contribution in [2.75, 3.05) is 19.6 Å². The van der Waals surface area contributed by atoms with Crippen molar-refractivity contribution in [3.63, 3.8) is 0 Å². The number of hydrogen-bond donors (Lipinski definition) is 1. The smallest absolute Gasteiger partial charge is 0.255 e. The molecule has 2 atom stereocenters. The standard InChI is InChI=1S/C14H19N3O/c1-10-12(5-3-6-15-10)14(18)17-8-11-4-2-7-16-13(11)9-17/h3,5-6,11,13,16H,2,4,7-9H2,1H3. The van der Waals surface area contributed by atoms with E-state index in [1.807, 2.05) is 24.0 Å². The molecule has 1 N–H and O–H groups in total. The molecule has 0 saturated carbocycles. The van der Waals surface area contributed by atoms with E-state index in [0.29, 0.717) is 12.0 Å². The molecule has 3 rings (SSSR count). The quantitative estimate of drug-likeness (QED) is 0.809. The molecular weight excluding hydrogens is 226 g/mol. The summed E-state index contributed by atoms with van der Waals surface area (Å²) in [4.78, 5) is 18.7. The van der Waals surface area contributed by atoms with E-state index in [4.69, 9.17) is 0 Å². The molecule has 2 fully saturated rings. The van der Waals surface area contributed by atoms with E-state index in [1.165, 1.54) is 12.8 Å². The van der Waals surface area contributed by atoms with Crippen LogP contribution < -0.4 is 5.32 Å². The predicted octanol–water partition coefficient (Wildman–Crippen LogP) is 1.21. The van der Waals surface area contributed by atoms with Crippen molar-refractivity contribution in [1.82, 2.24) is 15.2 Å². The van der Waals surface area contributed by atoms with Crippen molar-refractivity contribution < 1.29 is 4.79 Å². The van der Waals surface area contributed by atoms with Gasteiger partial charge in [0.05, 0.1) is 5.56 Å². The third kappa shape index (κ3) is 2.01. The topological polar surface area (TPSA) is 45.2 Å². The van der Waals surface area contributed by atoms with Gasteiger partial charge in [-0.25, -0.2) is 0 Å². The van der Waals surface area contributed by atoms with Gasteiger partial charge < -0.3 is 10.2 Å². The summed E-state index contributed by atoms with van der Waals surface area (Å²) >= 11 is 0. The van der Waals surface area contributed by atoms with E-state index in [0.717, 1.165) is 30.9 Å². The number of pyridine rings is 1. The van der Waals surface area contributed by atoms with Gasteiger partial charge in [0.2, 0.25) is 0 Å². The molecule has 0 radical (unpaired) electrons. The summed E-state index contributed by atoms with van der Waals surface area (Å²) in [6.45, 7) is 4.73. The molecule has 1 aromatic rings. The molecule has 0 bridgehead atoms. The molecule has 1 amide bonds. The minimum Gasteiger partial charge on any atom is -0.337 e. The molecule has 2 unspecified atom stereocenters. The molecule has 2 aliphatic heterocycles. The van der Waals surface area contributed by atoms with Crippen molar-refractivity contribution in [3.8, 4) is 0 Å². The summed E-state index contributed by atoms with van der Waals surface area (Å²) in [6, 6.07) is 4.21. The number of likely N-dealkylation sites (tertiary alicyclic amines) is 1. The van der Waals surface area contributed by atoms with Crippen molar-refractivity contribution >= 4 is 5.91 Å². The zero-order valence-electron chi connectivity index (χ0n) is 10.7. The van der Waals surface area contributed by atoms with Crippen LogP contribution in [0, 0.1) is 12.8 Å². The molecule has 0 spiro atoms. The molecule has 2 saturated heterocycles. The highest BCUT2D eigenvalue weighted by atomic mass is 16.2. The fourth-order valence-electron chi connectivity index (χ4n) is 3.09. The fourth-order valence-corrected chi connectivity index (χ4v) is 3.09. The van der Waals surface area contributed by atoms with Crippen LogP contribution in [0.5, 0.6) is 0 Å². The number of nitrogens with one attached hydrogen (secondary N) is 1. The number of aryl methyl sites for hydroxylation is 1. The minimum absolute atomic E-state index is 0.136. The largest absolute Gasteiger partial charge is 0.337 e. The molecule has 2 aliphatic rings. The van der Waals surface area contributed by atoms with Crippen LogP contribution >= 0.6 is 0 Å². The first-order valence-corrected chi connectivity index (χ1v) is 6.70. The van der Waals surface area contributed by atoms with Gasteiger partial charge in [-0.2, -0.15) is 0 Å². The Hall–Kier alpha value is -1.42. The van der Waals surface area contributed by atoms with Gasteiger partial charge in [-0.15, -0.1) is 0 Å².